The van der Waals surface area contributed by atoms with Crippen LogP contribution in [0.25, 0.3) is 6.08 Å². The van der Waals surface area contributed by atoms with E-state index in [1.807, 2.05) is 24.3 Å². The second-order valence-corrected chi connectivity index (χ2v) is 10.6. The second-order valence-electron chi connectivity index (χ2n) is 9.20. The molecule has 2 aliphatic rings. The fourth-order valence-electron chi connectivity index (χ4n) is 4.70. The molecule has 7 nitrogen and oxygen atoms in total. The molecule has 3 aromatic rings. The van der Waals surface area contributed by atoms with Gasteiger partial charge in [0, 0.05) is 30.3 Å². The van der Waals surface area contributed by atoms with Crippen LogP contribution in [0, 0.1) is 5.92 Å². The van der Waals surface area contributed by atoms with Crippen LogP contribution in [0.5, 0.6) is 0 Å². The van der Waals surface area contributed by atoms with Crippen molar-refractivity contribution in [3.05, 3.63) is 83.7 Å². The number of carbonyl (C=O) groups excluding carboxylic acids is 1. The third-order valence-electron chi connectivity index (χ3n) is 6.68. The summed E-state index contributed by atoms with van der Waals surface area (Å²) in [6.45, 7) is 7.95. The Hall–Kier alpha value is -3.10. The van der Waals surface area contributed by atoms with Gasteiger partial charge >= 0.3 is 5.97 Å². The number of aromatic nitrogens is 1. The van der Waals surface area contributed by atoms with Crippen LogP contribution in [-0.4, -0.2) is 30.2 Å². The van der Waals surface area contributed by atoms with Crippen LogP contribution in [0.2, 0.25) is 5.02 Å². The van der Waals surface area contributed by atoms with Crippen molar-refractivity contribution in [2.75, 3.05) is 24.6 Å². The Balaban J connectivity index is 1.58. The normalized spacial score (nSPS) is 18.8. The predicted octanol–water partition coefficient (Wildman–Crippen LogP) is 4.28. The molecule has 9 heteroatoms. The van der Waals surface area contributed by atoms with E-state index in [0.29, 0.717) is 31.4 Å². The van der Waals surface area contributed by atoms with Gasteiger partial charge in [-0.1, -0.05) is 42.0 Å². The molecule has 0 radical (unpaired) electrons. The van der Waals surface area contributed by atoms with Gasteiger partial charge in [-0.3, -0.25) is 9.36 Å². The van der Waals surface area contributed by atoms with Crippen LogP contribution < -0.4 is 19.8 Å². The molecule has 36 heavy (non-hydrogen) atoms. The van der Waals surface area contributed by atoms with Crippen LogP contribution in [0.3, 0.4) is 0 Å². The van der Waals surface area contributed by atoms with Crippen molar-refractivity contribution < 1.29 is 13.9 Å². The van der Waals surface area contributed by atoms with Crippen LogP contribution in [0.1, 0.15) is 51.0 Å². The monoisotopic (exact) mass is 525 g/mol. The SMILES string of the molecule is CCOC(=O)C1=C(C)N=c2s/c(=C\c3ccc(N4CCC(C)CC4)o3)c(=O)n2C1c1ccc(Cl)cc1. The lowest BCUT2D eigenvalue weighted by atomic mass is 9.96. The topological polar surface area (TPSA) is 77.0 Å². The third-order valence-corrected chi connectivity index (χ3v) is 7.92. The minimum Gasteiger partial charge on any atom is -0.463 e. The van der Waals surface area contributed by atoms with E-state index in [9.17, 15) is 9.59 Å². The molecular formula is C27H28ClN3O4S. The number of hydrogen-bond donors (Lipinski definition) is 0. The second kappa shape index (κ2) is 10.1. The Morgan fingerprint density at radius 2 is 1.94 bits per heavy atom. The van der Waals surface area contributed by atoms with E-state index >= 15 is 0 Å². The molecule has 4 heterocycles. The summed E-state index contributed by atoms with van der Waals surface area (Å²) in [5, 5.41) is 0.571. The maximum Gasteiger partial charge on any atom is 0.338 e. The molecule has 0 bridgehead atoms. The standard InChI is InChI=1S/C27H28ClN3O4S/c1-4-34-26(33)23-17(3)29-27-31(24(23)18-5-7-19(28)8-6-18)25(32)21(36-27)15-20-9-10-22(35-20)30-13-11-16(2)12-14-30/h5-10,15-16,24H,4,11-14H2,1-3H3/b21-15-. The molecule has 0 N–H and O–H groups in total. The number of rotatable bonds is 5. The minimum atomic E-state index is -0.665. The van der Waals surface area contributed by atoms with Crippen molar-refractivity contribution in [1.29, 1.82) is 0 Å². The number of carbonyl (C=O) groups is 1. The number of halogens is 1. The molecule has 1 atom stereocenters. The Morgan fingerprint density at radius 3 is 2.64 bits per heavy atom. The lowest BCUT2D eigenvalue weighted by molar-refractivity contribution is -0.139. The van der Waals surface area contributed by atoms with Gasteiger partial charge in [0.15, 0.2) is 10.7 Å². The van der Waals surface area contributed by atoms with Gasteiger partial charge in [-0.05, 0) is 56.4 Å². The van der Waals surface area contributed by atoms with E-state index in [2.05, 4.69) is 16.8 Å². The van der Waals surface area contributed by atoms with E-state index in [1.54, 1.807) is 36.6 Å². The Kier molecular flexibility index (Phi) is 6.90. The number of hydrogen-bond acceptors (Lipinski definition) is 7. The van der Waals surface area contributed by atoms with Crippen molar-refractivity contribution in [3.63, 3.8) is 0 Å². The number of thiazole rings is 1. The number of ether oxygens (including phenoxy) is 1. The van der Waals surface area contributed by atoms with E-state index in [0.717, 1.165) is 43.3 Å². The summed E-state index contributed by atoms with van der Waals surface area (Å²) in [5.41, 5.74) is 1.39. The maximum atomic E-state index is 13.7. The molecule has 2 aromatic heterocycles. The van der Waals surface area contributed by atoms with Crippen LogP contribution in [0.4, 0.5) is 5.88 Å². The van der Waals surface area contributed by atoms with Crippen LogP contribution in [0.15, 0.2) is 61.9 Å². The summed E-state index contributed by atoms with van der Waals surface area (Å²) in [6.07, 6.45) is 4.03. The molecule has 2 aliphatic heterocycles. The molecular weight excluding hydrogens is 498 g/mol. The Morgan fingerprint density at radius 1 is 1.22 bits per heavy atom. The molecule has 0 spiro atoms. The summed E-state index contributed by atoms with van der Waals surface area (Å²) < 4.78 is 13.5. The lowest BCUT2D eigenvalue weighted by Gasteiger charge is -2.29. The zero-order valence-electron chi connectivity index (χ0n) is 20.5. The van der Waals surface area contributed by atoms with E-state index in [4.69, 9.17) is 20.8 Å². The number of piperidine rings is 1. The van der Waals surface area contributed by atoms with Crippen LogP contribution >= 0.6 is 22.9 Å². The number of nitrogens with zero attached hydrogens (tertiary/aromatic N) is 3. The van der Waals surface area contributed by atoms with E-state index < -0.39 is 12.0 Å². The molecule has 0 aliphatic carbocycles. The third kappa shape index (κ3) is 4.67. The van der Waals surface area contributed by atoms with Gasteiger partial charge in [-0.2, -0.15) is 0 Å². The van der Waals surface area contributed by atoms with Crippen LogP contribution in [-0.2, 0) is 9.53 Å². The number of anilines is 1. The molecule has 1 saturated heterocycles. The van der Waals surface area contributed by atoms with Crippen molar-refractivity contribution >= 4 is 40.9 Å². The number of allylic oxidation sites excluding steroid dienone is 1. The maximum absolute atomic E-state index is 13.7. The lowest BCUT2D eigenvalue weighted by Crippen LogP contribution is -2.39. The first-order chi connectivity index (χ1) is 17.4. The molecule has 0 saturated carbocycles. The molecule has 1 aromatic carbocycles. The van der Waals surface area contributed by atoms with Gasteiger partial charge in [-0.15, -0.1) is 0 Å². The molecule has 5 rings (SSSR count). The van der Waals surface area contributed by atoms with E-state index in [-0.39, 0.29) is 12.2 Å². The predicted molar refractivity (Wildman–Crippen MR) is 141 cm³/mol. The summed E-state index contributed by atoms with van der Waals surface area (Å²) in [6, 6.07) is 10.3. The highest BCUT2D eigenvalue weighted by molar-refractivity contribution is 7.07. The highest BCUT2D eigenvalue weighted by Crippen LogP contribution is 2.31. The largest absolute Gasteiger partial charge is 0.463 e. The summed E-state index contributed by atoms with van der Waals surface area (Å²) in [4.78, 5) is 34.0. The molecule has 1 unspecified atom stereocenters. The van der Waals surface area contributed by atoms with Crippen molar-refractivity contribution in [1.82, 2.24) is 4.57 Å². The Bertz CT molecular complexity index is 1490. The number of fused-ring (bicyclic) bond motifs is 1. The van der Waals surface area contributed by atoms with Gasteiger partial charge in [-0.25, -0.2) is 9.79 Å². The smallest absolute Gasteiger partial charge is 0.338 e. The highest BCUT2D eigenvalue weighted by atomic mass is 35.5. The number of furan rings is 1. The quantitative estimate of drug-likeness (QED) is 0.465. The first-order valence-electron chi connectivity index (χ1n) is 12.2. The first-order valence-corrected chi connectivity index (χ1v) is 13.3. The fraction of sp³-hybridized carbons (Fsp3) is 0.370. The zero-order valence-corrected chi connectivity index (χ0v) is 22.1. The minimum absolute atomic E-state index is 0.226. The molecule has 1 fully saturated rings. The summed E-state index contributed by atoms with van der Waals surface area (Å²) in [7, 11) is 0. The van der Waals surface area contributed by atoms with Gasteiger partial charge in [0.2, 0.25) is 0 Å². The van der Waals surface area contributed by atoms with Gasteiger partial charge in [0.1, 0.15) is 5.76 Å². The van der Waals surface area contributed by atoms with Gasteiger partial charge in [0.25, 0.3) is 5.56 Å². The fourth-order valence-corrected chi connectivity index (χ4v) is 5.85. The Labute approximate surface area is 218 Å². The summed E-state index contributed by atoms with van der Waals surface area (Å²) in [5.74, 6) is 1.67. The molecule has 188 valence electrons. The van der Waals surface area contributed by atoms with Gasteiger partial charge < -0.3 is 14.1 Å². The first kappa shape index (κ1) is 24.6. The average molecular weight is 526 g/mol. The van der Waals surface area contributed by atoms with Gasteiger partial charge in [0.05, 0.1) is 28.5 Å². The highest BCUT2D eigenvalue weighted by Gasteiger charge is 2.33. The van der Waals surface area contributed by atoms with Crippen molar-refractivity contribution in [3.8, 4) is 0 Å². The molecule has 0 amide bonds. The van der Waals surface area contributed by atoms with Crippen molar-refractivity contribution in [2.45, 2.75) is 39.7 Å². The number of benzene rings is 1. The number of esters is 1. The van der Waals surface area contributed by atoms with E-state index in [1.165, 1.54) is 11.3 Å². The van der Waals surface area contributed by atoms with Crippen molar-refractivity contribution in [2.24, 2.45) is 10.9 Å². The summed E-state index contributed by atoms with van der Waals surface area (Å²) >= 11 is 7.39. The average Bonchev–Trinajstić information content (AvgIpc) is 3.44. The zero-order chi connectivity index (χ0) is 25.4.